The topological polar surface area (TPSA) is 153 Å². The molecule has 12 nitrogen and oxygen atoms in total. The number of benzene rings is 1. The van der Waals surface area contributed by atoms with Crippen LogP contribution in [0.2, 0.25) is 0 Å². The predicted octanol–water partition coefficient (Wildman–Crippen LogP) is 2.73. The number of rotatable bonds is 5. The number of anilines is 2. The Morgan fingerprint density at radius 1 is 1.22 bits per heavy atom. The van der Waals surface area contributed by atoms with Gasteiger partial charge in [0, 0.05) is 24.8 Å². The maximum Gasteiger partial charge on any atom is 0.272 e. The molecular formula is C25H24N8O4. The molecule has 0 saturated carbocycles. The molecule has 12 heteroatoms. The number of hydrogen-bond acceptors (Lipinski definition) is 8. The van der Waals surface area contributed by atoms with E-state index in [0.29, 0.717) is 58.3 Å². The smallest absolute Gasteiger partial charge is 0.272 e. The van der Waals surface area contributed by atoms with Gasteiger partial charge >= 0.3 is 0 Å². The fourth-order valence-electron chi connectivity index (χ4n) is 4.86. The Balaban J connectivity index is 1.42. The van der Waals surface area contributed by atoms with E-state index >= 15 is 0 Å². The Kier molecular flexibility index (Phi) is 5.48. The molecule has 37 heavy (non-hydrogen) atoms. The van der Waals surface area contributed by atoms with Crippen LogP contribution in [0.5, 0.6) is 11.5 Å². The van der Waals surface area contributed by atoms with Crippen LogP contribution < -0.4 is 20.5 Å². The third kappa shape index (κ3) is 3.82. The van der Waals surface area contributed by atoms with E-state index in [1.165, 1.54) is 12.4 Å². The summed E-state index contributed by atoms with van der Waals surface area (Å²) in [6, 6.07) is 6.85. The number of ether oxygens (including phenoxy) is 2. The van der Waals surface area contributed by atoms with Gasteiger partial charge in [0.15, 0.2) is 17.1 Å². The van der Waals surface area contributed by atoms with Gasteiger partial charge in [-0.3, -0.25) is 9.59 Å². The second-order valence-electron chi connectivity index (χ2n) is 8.80. The van der Waals surface area contributed by atoms with Crippen molar-refractivity contribution in [2.24, 2.45) is 0 Å². The Morgan fingerprint density at radius 3 is 2.89 bits per heavy atom. The number of nitrogen functional groups attached to an aromatic ring is 1. The van der Waals surface area contributed by atoms with Crippen molar-refractivity contribution >= 4 is 34.4 Å². The summed E-state index contributed by atoms with van der Waals surface area (Å²) >= 11 is 0. The van der Waals surface area contributed by atoms with Crippen molar-refractivity contribution in [3.05, 3.63) is 55.1 Å². The number of nitrogens with one attached hydrogen (secondary N) is 2. The molecule has 4 N–H and O–H groups in total. The van der Waals surface area contributed by atoms with Crippen LogP contribution in [0.4, 0.5) is 11.5 Å². The van der Waals surface area contributed by atoms with Crippen LogP contribution in [0, 0.1) is 0 Å². The van der Waals surface area contributed by atoms with E-state index in [0.717, 1.165) is 12.8 Å². The number of fused-ring (bicyclic) bond motifs is 2. The van der Waals surface area contributed by atoms with Gasteiger partial charge in [-0.25, -0.2) is 14.6 Å². The number of hydrogen-bond donors (Lipinski definition) is 3. The van der Waals surface area contributed by atoms with Crippen LogP contribution in [0.1, 0.15) is 29.4 Å². The molecular weight excluding hydrogens is 476 g/mol. The average Bonchev–Trinajstić information content (AvgIpc) is 3.69. The van der Waals surface area contributed by atoms with Gasteiger partial charge < -0.3 is 30.4 Å². The number of piperidine rings is 1. The number of H-pyrrole nitrogens is 1. The summed E-state index contributed by atoms with van der Waals surface area (Å²) in [5, 5.41) is 8.35. The van der Waals surface area contributed by atoms with Crippen molar-refractivity contribution in [1.29, 1.82) is 0 Å². The van der Waals surface area contributed by atoms with Crippen molar-refractivity contribution in [1.82, 2.24) is 29.6 Å². The van der Waals surface area contributed by atoms with Crippen molar-refractivity contribution in [2.75, 3.05) is 30.9 Å². The lowest BCUT2D eigenvalue weighted by Gasteiger charge is -2.32. The fourth-order valence-corrected chi connectivity index (χ4v) is 4.86. The van der Waals surface area contributed by atoms with E-state index in [4.69, 9.17) is 20.3 Å². The lowest BCUT2D eigenvalue weighted by molar-refractivity contribution is -0.127. The number of carbonyl (C=O) groups excluding carboxylic acids is 2. The van der Waals surface area contributed by atoms with Gasteiger partial charge in [-0.2, -0.15) is 5.10 Å². The highest BCUT2D eigenvalue weighted by Crippen LogP contribution is 2.48. The van der Waals surface area contributed by atoms with Gasteiger partial charge in [0.1, 0.15) is 23.5 Å². The molecule has 1 fully saturated rings. The van der Waals surface area contributed by atoms with E-state index in [9.17, 15) is 9.59 Å². The van der Waals surface area contributed by atoms with Gasteiger partial charge in [0.2, 0.25) is 12.7 Å². The summed E-state index contributed by atoms with van der Waals surface area (Å²) in [4.78, 5) is 38.2. The maximum absolute atomic E-state index is 12.6. The quantitative estimate of drug-likeness (QED) is 0.354. The number of nitrogens with two attached hydrogens (primary N) is 1. The molecule has 3 aromatic heterocycles. The van der Waals surface area contributed by atoms with Gasteiger partial charge in [-0.15, -0.1) is 0 Å². The number of amides is 2. The SMILES string of the molecule is C=CC(=O)N1CCC[C@@H](n2nc(-c3ccc(NC(=O)c4ccc[nH]4)c4c3OCO4)c3c(N)ncnc32)C1. The number of likely N-dealkylation sites (tertiary alicyclic amines) is 1. The van der Waals surface area contributed by atoms with Crippen LogP contribution in [0.15, 0.2) is 49.4 Å². The third-order valence-electron chi connectivity index (χ3n) is 6.61. The number of aromatic amines is 1. The van der Waals surface area contributed by atoms with Crippen molar-refractivity contribution < 1.29 is 19.1 Å². The Labute approximate surface area is 211 Å². The first-order valence-electron chi connectivity index (χ1n) is 11.8. The standard InChI is InChI=1S/C25H24N8O4/c1-2-18(34)32-10-4-5-14(11-32)33-24-19(23(26)28-12-29-24)20(31-33)15-7-8-16(22-21(15)36-13-37-22)30-25(35)17-6-3-9-27-17/h2-3,6-9,12,14,27H,1,4-5,10-11,13H2,(H,30,35)(H2,26,28,29)/t14-/m1/s1. The maximum atomic E-state index is 12.6. The Bertz CT molecular complexity index is 1530. The van der Waals surface area contributed by atoms with Crippen molar-refractivity contribution in [3.8, 4) is 22.8 Å². The van der Waals surface area contributed by atoms with Crippen LogP contribution >= 0.6 is 0 Å². The zero-order valence-corrected chi connectivity index (χ0v) is 19.8. The number of nitrogens with zero attached hydrogens (tertiary/aromatic N) is 5. The molecule has 0 spiro atoms. The fraction of sp³-hybridized carbons (Fsp3) is 0.240. The molecule has 1 saturated heterocycles. The summed E-state index contributed by atoms with van der Waals surface area (Å²) in [5.41, 5.74) is 8.93. The molecule has 2 aliphatic heterocycles. The monoisotopic (exact) mass is 500 g/mol. The first kappa shape index (κ1) is 22.6. The van der Waals surface area contributed by atoms with Crippen molar-refractivity contribution in [3.63, 3.8) is 0 Å². The number of aromatic nitrogens is 5. The molecule has 2 aliphatic rings. The normalized spacial score (nSPS) is 16.6. The second-order valence-corrected chi connectivity index (χ2v) is 8.80. The van der Waals surface area contributed by atoms with Crippen LogP contribution in [0.25, 0.3) is 22.3 Å². The lowest BCUT2D eigenvalue weighted by Crippen LogP contribution is -2.40. The van der Waals surface area contributed by atoms with Gasteiger partial charge in [0.05, 0.1) is 17.1 Å². The highest BCUT2D eigenvalue weighted by Gasteiger charge is 2.31. The Hall–Kier alpha value is -4.87. The summed E-state index contributed by atoms with van der Waals surface area (Å²) < 4.78 is 13.4. The number of carbonyl (C=O) groups is 2. The second kappa shape index (κ2) is 8.97. The molecule has 5 heterocycles. The molecule has 0 radical (unpaired) electrons. The molecule has 0 bridgehead atoms. The van der Waals surface area contributed by atoms with E-state index in [2.05, 4.69) is 26.8 Å². The third-order valence-corrected chi connectivity index (χ3v) is 6.61. The van der Waals surface area contributed by atoms with E-state index < -0.39 is 0 Å². The van der Waals surface area contributed by atoms with Crippen molar-refractivity contribution in [2.45, 2.75) is 18.9 Å². The van der Waals surface area contributed by atoms with Gasteiger partial charge in [-0.05, 0) is 43.2 Å². The molecule has 188 valence electrons. The molecule has 0 unspecified atom stereocenters. The minimum absolute atomic E-state index is 0.0103. The summed E-state index contributed by atoms with van der Waals surface area (Å²) in [5.74, 6) is 0.689. The molecule has 1 atom stereocenters. The van der Waals surface area contributed by atoms with E-state index in [-0.39, 0.29) is 30.5 Å². The Morgan fingerprint density at radius 2 is 2.08 bits per heavy atom. The zero-order chi connectivity index (χ0) is 25.5. The summed E-state index contributed by atoms with van der Waals surface area (Å²) in [7, 11) is 0. The summed E-state index contributed by atoms with van der Waals surface area (Å²) in [6.07, 6.45) is 6.05. The molecule has 1 aromatic carbocycles. The van der Waals surface area contributed by atoms with Crippen LogP contribution in [-0.2, 0) is 4.79 Å². The van der Waals surface area contributed by atoms with E-state index in [1.807, 2.05) is 4.68 Å². The minimum Gasteiger partial charge on any atom is -0.453 e. The minimum atomic E-state index is -0.307. The van der Waals surface area contributed by atoms with Crippen LogP contribution in [0.3, 0.4) is 0 Å². The molecule has 4 aromatic rings. The molecule has 6 rings (SSSR count). The van der Waals surface area contributed by atoms with E-state index in [1.54, 1.807) is 35.4 Å². The average molecular weight is 501 g/mol. The van der Waals surface area contributed by atoms with Gasteiger partial charge in [0.25, 0.3) is 5.91 Å². The first-order valence-corrected chi connectivity index (χ1v) is 11.8. The van der Waals surface area contributed by atoms with Crippen LogP contribution in [-0.4, -0.2) is 61.3 Å². The molecule has 2 amide bonds. The highest BCUT2D eigenvalue weighted by atomic mass is 16.7. The first-order chi connectivity index (χ1) is 18.0. The highest BCUT2D eigenvalue weighted by molar-refractivity contribution is 6.05. The largest absolute Gasteiger partial charge is 0.453 e. The summed E-state index contributed by atoms with van der Waals surface area (Å²) in [6.45, 7) is 4.74. The zero-order valence-electron chi connectivity index (χ0n) is 19.8. The van der Waals surface area contributed by atoms with Gasteiger partial charge in [-0.1, -0.05) is 6.58 Å². The predicted molar refractivity (Wildman–Crippen MR) is 135 cm³/mol. The lowest BCUT2D eigenvalue weighted by atomic mass is 10.1. The molecule has 0 aliphatic carbocycles.